The zero-order valence-electron chi connectivity index (χ0n) is 11.6. The second kappa shape index (κ2) is 5.38. The van der Waals surface area contributed by atoms with E-state index in [1.165, 1.54) is 0 Å². The zero-order valence-corrected chi connectivity index (χ0v) is 11.6. The minimum absolute atomic E-state index is 0.0385. The molecule has 2 rings (SSSR count). The van der Waals surface area contributed by atoms with Gasteiger partial charge in [0.2, 0.25) is 0 Å². The fourth-order valence-electron chi connectivity index (χ4n) is 2.19. The summed E-state index contributed by atoms with van der Waals surface area (Å²) in [6.45, 7) is 2.67. The van der Waals surface area contributed by atoms with Gasteiger partial charge in [0.15, 0.2) is 11.5 Å². The first kappa shape index (κ1) is 13.5. The molecule has 0 heterocycles. The van der Waals surface area contributed by atoms with Gasteiger partial charge < -0.3 is 20.1 Å². The molecule has 0 unspecified atom stereocenters. The van der Waals surface area contributed by atoms with Crippen molar-refractivity contribution in [1.29, 1.82) is 0 Å². The van der Waals surface area contributed by atoms with Crippen molar-refractivity contribution in [3.05, 3.63) is 17.7 Å². The molecule has 19 heavy (non-hydrogen) atoms. The van der Waals surface area contributed by atoms with Crippen LogP contribution >= 0.6 is 0 Å². The average molecular weight is 264 g/mol. The summed E-state index contributed by atoms with van der Waals surface area (Å²) < 4.78 is 10.4. The summed E-state index contributed by atoms with van der Waals surface area (Å²) in [6, 6.07) is 3.65. The lowest BCUT2D eigenvalue weighted by molar-refractivity contribution is 0.0753. The third kappa shape index (κ3) is 2.59. The third-order valence-corrected chi connectivity index (χ3v) is 3.38. The van der Waals surface area contributed by atoms with Crippen LogP contribution in [-0.4, -0.2) is 37.6 Å². The van der Waals surface area contributed by atoms with Gasteiger partial charge in [-0.25, -0.2) is 0 Å². The number of carbonyl (C=O) groups is 1. The Bertz CT molecular complexity index is 484. The first-order valence-electron chi connectivity index (χ1n) is 6.44. The number of nitrogens with two attached hydrogens (primary N) is 1. The number of hydrogen-bond donors (Lipinski definition) is 1. The quantitative estimate of drug-likeness (QED) is 0.825. The molecule has 0 atom stereocenters. The highest BCUT2D eigenvalue weighted by molar-refractivity contribution is 6.00. The molecule has 5 nitrogen and oxygen atoms in total. The number of methoxy groups -OCH3 is 2. The Kier molecular flexibility index (Phi) is 3.83. The molecular weight excluding hydrogens is 244 g/mol. The lowest BCUT2D eigenvalue weighted by Gasteiger charge is -2.22. The van der Waals surface area contributed by atoms with Gasteiger partial charge in [-0.2, -0.15) is 0 Å². The Hall–Kier alpha value is -1.91. The normalized spacial score (nSPS) is 14.1. The molecule has 0 spiro atoms. The molecule has 0 saturated heterocycles. The number of amides is 1. The lowest BCUT2D eigenvalue weighted by atomic mass is 10.1. The first-order chi connectivity index (χ1) is 9.12. The van der Waals surface area contributed by atoms with Crippen LogP contribution in [0.3, 0.4) is 0 Å². The molecule has 104 valence electrons. The Morgan fingerprint density at radius 2 is 1.89 bits per heavy atom. The predicted molar refractivity (Wildman–Crippen MR) is 73.7 cm³/mol. The second-order valence-electron chi connectivity index (χ2n) is 4.62. The van der Waals surface area contributed by atoms with Gasteiger partial charge in [-0.1, -0.05) is 0 Å². The van der Waals surface area contributed by atoms with E-state index < -0.39 is 0 Å². The molecular formula is C14H20N2O3. The Labute approximate surface area is 113 Å². The van der Waals surface area contributed by atoms with E-state index in [0.29, 0.717) is 35.3 Å². The summed E-state index contributed by atoms with van der Waals surface area (Å²) in [4.78, 5) is 14.4. The molecule has 0 aromatic heterocycles. The fraction of sp³-hybridized carbons (Fsp3) is 0.500. The van der Waals surface area contributed by atoms with Crippen molar-refractivity contribution in [2.45, 2.75) is 25.8 Å². The van der Waals surface area contributed by atoms with Crippen LogP contribution in [0.5, 0.6) is 11.5 Å². The molecule has 1 amide bonds. The van der Waals surface area contributed by atoms with Gasteiger partial charge >= 0.3 is 0 Å². The van der Waals surface area contributed by atoms with Crippen LogP contribution in [-0.2, 0) is 0 Å². The van der Waals surface area contributed by atoms with Crippen molar-refractivity contribution in [3.8, 4) is 11.5 Å². The van der Waals surface area contributed by atoms with Crippen LogP contribution in [0.1, 0.15) is 30.1 Å². The maximum Gasteiger partial charge on any atom is 0.256 e. The topological polar surface area (TPSA) is 64.8 Å². The summed E-state index contributed by atoms with van der Waals surface area (Å²) in [5, 5.41) is 0. The fourth-order valence-corrected chi connectivity index (χ4v) is 2.19. The summed E-state index contributed by atoms with van der Waals surface area (Å²) in [7, 11) is 3.09. The van der Waals surface area contributed by atoms with Crippen LogP contribution in [0, 0.1) is 0 Å². The standard InChI is InChI=1S/C14H20N2O3/c1-4-16(9-5-6-9)14(17)10-7-12(18-2)13(19-3)8-11(10)15/h7-9H,4-6,15H2,1-3H3. The van der Waals surface area contributed by atoms with Crippen molar-refractivity contribution in [2.75, 3.05) is 26.5 Å². The van der Waals surface area contributed by atoms with Gasteiger partial charge in [0.05, 0.1) is 19.8 Å². The molecule has 1 saturated carbocycles. The van der Waals surface area contributed by atoms with Crippen LogP contribution < -0.4 is 15.2 Å². The van der Waals surface area contributed by atoms with E-state index in [-0.39, 0.29) is 5.91 Å². The van der Waals surface area contributed by atoms with E-state index in [2.05, 4.69) is 0 Å². The predicted octanol–water partition coefficient (Wildman–Crippen LogP) is 1.91. The minimum Gasteiger partial charge on any atom is -0.493 e. The van der Waals surface area contributed by atoms with Crippen LogP contribution in [0.4, 0.5) is 5.69 Å². The van der Waals surface area contributed by atoms with Gasteiger partial charge in [-0.3, -0.25) is 4.79 Å². The van der Waals surface area contributed by atoms with Crippen molar-refractivity contribution in [1.82, 2.24) is 4.90 Å². The first-order valence-corrected chi connectivity index (χ1v) is 6.44. The highest BCUT2D eigenvalue weighted by atomic mass is 16.5. The number of anilines is 1. The van der Waals surface area contributed by atoms with Crippen LogP contribution in [0.15, 0.2) is 12.1 Å². The van der Waals surface area contributed by atoms with Gasteiger partial charge in [0, 0.05) is 24.3 Å². The number of nitrogen functional groups attached to an aromatic ring is 1. The summed E-state index contributed by atoms with van der Waals surface area (Å²) in [6.07, 6.45) is 2.15. The van der Waals surface area contributed by atoms with Crippen LogP contribution in [0.2, 0.25) is 0 Å². The molecule has 1 fully saturated rings. The van der Waals surface area contributed by atoms with E-state index in [1.807, 2.05) is 11.8 Å². The number of nitrogens with zero attached hydrogens (tertiary/aromatic N) is 1. The number of hydrogen-bond acceptors (Lipinski definition) is 4. The molecule has 2 N–H and O–H groups in total. The van der Waals surface area contributed by atoms with Gasteiger partial charge in [0.1, 0.15) is 0 Å². The minimum atomic E-state index is -0.0385. The average Bonchev–Trinajstić information content (AvgIpc) is 3.23. The van der Waals surface area contributed by atoms with Crippen molar-refractivity contribution in [2.24, 2.45) is 0 Å². The van der Waals surface area contributed by atoms with E-state index >= 15 is 0 Å². The number of rotatable bonds is 5. The summed E-state index contributed by atoms with van der Waals surface area (Å²) in [5.74, 6) is 1.02. The van der Waals surface area contributed by atoms with Crippen molar-refractivity contribution in [3.63, 3.8) is 0 Å². The lowest BCUT2D eigenvalue weighted by Crippen LogP contribution is -2.33. The van der Waals surface area contributed by atoms with E-state index in [0.717, 1.165) is 12.8 Å². The molecule has 0 bridgehead atoms. The maximum atomic E-state index is 12.5. The Morgan fingerprint density at radius 1 is 1.32 bits per heavy atom. The molecule has 1 aromatic carbocycles. The summed E-state index contributed by atoms with van der Waals surface area (Å²) >= 11 is 0. The zero-order chi connectivity index (χ0) is 14.0. The molecule has 1 aliphatic carbocycles. The third-order valence-electron chi connectivity index (χ3n) is 3.38. The molecule has 5 heteroatoms. The highest BCUT2D eigenvalue weighted by Gasteiger charge is 2.32. The molecule has 0 radical (unpaired) electrons. The largest absolute Gasteiger partial charge is 0.493 e. The molecule has 1 aliphatic rings. The molecule has 1 aromatic rings. The highest BCUT2D eigenvalue weighted by Crippen LogP contribution is 2.34. The molecule has 0 aliphatic heterocycles. The van der Waals surface area contributed by atoms with E-state index in [9.17, 15) is 4.79 Å². The van der Waals surface area contributed by atoms with Crippen molar-refractivity contribution >= 4 is 11.6 Å². The second-order valence-corrected chi connectivity index (χ2v) is 4.62. The van der Waals surface area contributed by atoms with E-state index in [4.69, 9.17) is 15.2 Å². The van der Waals surface area contributed by atoms with E-state index in [1.54, 1.807) is 26.4 Å². The Balaban J connectivity index is 2.35. The summed E-state index contributed by atoms with van der Waals surface area (Å²) in [5.41, 5.74) is 6.85. The maximum absolute atomic E-state index is 12.5. The van der Waals surface area contributed by atoms with Gasteiger partial charge in [0.25, 0.3) is 5.91 Å². The Morgan fingerprint density at radius 3 is 2.37 bits per heavy atom. The van der Waals surface area contributed by atoms with Crippen LogP contribution in [0.25, 0.3) is 0 Å². The van der Waals surface area contributed by atoms with Gasteiger partial charge in [-0.05, 0) is 25.8 Å². The number of carbonyl (C=O) groups excluding carboxylic acids is 1. The van der Waals surface area contributed by atoms with Gasteiger partial charge in [-0.15, -0.1) is 0 Å². The monoisotopic (exact) mass is 264 g/mol. The number of benzene rings is 1. The number of ether oxygens (including phenoxy) is 2. The van der Waals surface area contributed by atoms with Crippen molar-refractivity contribution < 1.29 is 14.3 Å². The SMILES string of the molecule is CCN(C(=O)c1cc(OC)c(OC)cc1N)C1CC1. The smallest absolute Gasteiger partial charge is 0.256 e.